The quantitative estimate of drug-likeness (QED) is 0.764. The van der Waals surface area contributed by atoms with Crippen LogP contribution in [0.5, 0.6) is 0 Å². The third-order valence-corrected chi connectivity index (χ3v) is 3.19. The van der Waals surface area contributed by atoms with Crippen molar-refractivity contribution in [2.45, 2.75) is 6.92 Å². The van der Waals surface area contributed by atoms with Crippen LogP contribution in [0.2, 0.25) is 0 Å². The molecule has 0 atom stereocenters. The molecule has 7 nitrogen and oxygen atoms in total. The van der Waals surface area contributed by atoms with Crippen LogP contribution in [0.1, 0.15) is 16.1 Å². The summed E-state index contributed by atoms with van der Waals surface area (Å²) < 4.78 is 1.63. The molecule has 0 aliphatic heterocycles. The van der Waals surface area contributed by atoms with Crippen LogP contribution >= 0.6 is 0 Å². The molecule has 0 saturated carbocycles. The number of aromatic nitrogens is 4. The number of pyridine rings is 2. The molecule has 0 spiro atoms. The molecule has 0 bridgehead atoms. The maximum atomic E-state index is 11.5. The average molecular weight is 283 g/mol. The molecule has 3 rings (SSSR count). The number of nitrogens with zero attached hydrogens (tertiary/aromatic N) is 4. The molecule has 21 heavy (non-hydrogen) atoms. The molecule has 3 aromatic heterocycles. The Morgan fingerprint density at radius 3 is 2.86 bits per heavy atom. The van der Waals surface area contributed by atoms with Crippen LogP contribution in [0, 0.1) is 6.92 Å². The van der Waals surface area contributed by atoms with Gasteiger partial charge in [0.2, 0.25) is 0 Å². The van der Waals surface area contributed by atoms with Crippen molar-refractivity contribution in [1.82, 2.24) is 19.7 Å². The average Bonchev–Trinajstić information content (AvgIpc) is 2.75. The first-order chi connectivity index (χ1) is 10.1. The summed E-state index contributed by atoms with van der Waals surface area (Å²) in [5.41, 5.74) is 2.63. The zero-order valence-electron chi connectivity index (χ0n) is 11.5. The van der Waals surface area contributed by atoms with Crippen LogP contribution in [0.4, 0.5) is 11.4 Å². The molecule has 106 valence electrons. The fraction of sp³-hybridized carbons (Fsp3) is 0.143. The number of hydrogen-bond donors (Lipinski definition) is 2. The molecule has 0 saturated heterocycles. The van der Waals surface area contributed by atoms with E-state index in [-0.39, 0.29) is 5.56 Å². The number of fused-ring (bicyclic) bond motifs is 1. The second-order valence-electron chi connectivity index (χ2n) is 4.63. The molecule has 0 aliphatic carbocycles. The van der Waals surface area contributed by atoms with Gasteiger partial charge in [-0.3, -0.25) is 9.67 Å². The topological polar surface area (TPSA) is 92.9 Å². The molecule has 0 unspecified atom stereocenters. The fourth-order valence-electron chi connectivity index (χ4n) is 2.28. The Balaban J connectivity index is 2.26. The van der Waals surface area contributed by atoms with Gasteiger partial charge in [0.25, 0.3) is 0 Å². The summed E-state index contributed by atoms with van der Waals surface area (Å²) in [5, 5.41) is 17.5. The highest BCUT2D eigenvalue weighted by Gasteiger charge is 2.19. The smallest absolute Gasteiger partial charge is 0.339 e. The Hall–Kier alpha value is -2.96. The van der Waals surface area contributed by atoms with Crippen LogP contribution in [0.3, 0.4) is 0 Å². The summed E-state index contributed by atoms with van der Waals surface area (Å²) >= 11 is 0. The zero-order chi connectivity index (χ0) is 15.0. The molecule has 7 heteroatoms. The van der Waals surface area contributed by atoms with Gasteiger partial charge in [-0.2, -0.15) is 5.10 Å². The van der Waals surface area contributed by atoms with E-state index in [1.54, 1.807) is 30.2 Å². The zero-order valence-corrected chi connectivity index (χ0v) is 11.5. The maximum Gasteiger partial charge on any atom is 0.339 e. The van der Waals surface area contributed by atoms with E-state index in [2.05, 4.69) is 20.4 Å². The maximum absolute atomic E-state index is 11.5. The van der Waals surface area contributed by atoms with Crippen molar-refractivity contribution >= 4 is 28.4 Å². The summed E-state index contributed by atoms with van der Waals surface area (Å²) in [7, 11) is 1.77. The summed E-state index contributed by atoms with van der Waals surface area (Å²) in [6.45, 7) is 1.82. The van der Waals surface area contributed by atoms with E-state index >= 15 is 0 Å². The molecule has 0 aliphatic rings. The van der Waals surface area contributed by atoms with Gasteiger partial charge >= 0.3 is 5.97 Å². The highest BCUT2D eigenvalue weighted by molar-refractivity contribution is 6.05. The lowest BCUT2D eigenvalue weighted by Gasteiger charge is -2.10. The third-order valence-electron chi connectivity index (χ3n) is 3.19. The first kappa shape index (κ1) is 13.0. The van der Waals surface area contributed by atoms with E-state index in [4.69, 9.17) is 0 Å². The lowest BCUT2D eigenvalue weighted by Crippen LogP contribution is -2.05. The van der Waals surface area contributed by atoms with Crippen molar-refractivity contribution in [3.8, 4) is 0 Å². The highest BCUT2D eigenvalue weighted by Crippen LogP contribution is 2.30. The van der Waals surface area contributed by atoms with Gasteiger partial charge in [-0.25, -0.2) is 9.78 Å². The number of aryl methyl sites for hydroxylation is 2. The van der Waals surface area contributed by atoms with E-state index in [0.29, 0.717) is 22.4 Å². The summed E-state index contributed by atoms with van der Waals surface area (Å²) in [5.74, 6) is -1.04. The van der Waals surface area contributed by atoms with Crippen LogP contribution in [-0.2, 0) is 7.05 Å². The summed E-state index contributed by atoms with van der Waals surface area (Å²) in [6, 6.07) is 3.59. The van der Waals surface area contributed by atoms with Gasteiger partial charge in [0, 0.05) is 19.4 Å². The van der Waals surface area contributed by atoms with Gasteiger partial charge in [-0.1, -0.05) is 0 Å². The number of carboxylic acid groups (broad SMARTS) is 1. The van der Waals surface area contributed by atoms with E-state index in [9.17, 15) is 9.90 Å². The first-order valence-corrected chi connectivity index (χ1v) is 6.30. The van der Waals surface area contributed by atoms with Crippen molar-refractivity contribution in [1.29, 1.82) is 0 Å². The van der Waals surface area contributed by atoms with Crippen LogP contribution < -0.4 is 5.32 Å². The number of nitrogens with one attached hydrogen (secondary N) is 1. The third kappa shape index (κ3) is 2.18. The molecule has 3 aromatic rings. The number of anilines is 2. The molecule has 3 heterocycles. The predicted molar refractivity (Wildman–Crippen MR) is 77.7 cm³/mol. The van der Waals surface area contributed by atoms with Gasteiger partial charge in [-0.05, 0) is 19.1 Å². The lowest BCUT2D eigenvalue weighted by molar-refractivity contribution is 0.0697. The van der Waals surface area contributed by atoms with Gasteiger partial charge in [0.05, 0.1) is 28.7 Å². The van der Waals surface area contributed by atoms with Crippen LogP contribution in [-0.4, -0.2) is 30.8 Å². The minimum absolute atomic E-state index is 0.0995. The van der Waals surface area contributed by atoms with Gasteiger partial charge < -0.3 is 10.4 Å². The number of carboxylic acids is 1. The number of hydrogen-bond acceptors (Lipinski definition) is 5. The molecular formula is C14H13N5O2. The fourth-order valence-corrected chi connectivity index (χ4v) is 2.28. The number of carbonyl (C=O) groups is 1. The molecule has 0 aromatic carbocycles. The van der Waals surface area contributed by atoms with Crippen LogP contribution in [0.15, 0.2) is 30.7 Å². The van der Waals surface area contributed by atoms with Gasteiger partial charge in [0.1, 0.15) is 5.56 Å². The minimum Gasteiger partial charge on any atom is -0.478 e. The van der Waals surface area contributed by atoms with Gasteiger partial charge in [0.15, 0.2) is 5.65 Å². The van der Waals surface area contributed by atoms with E-state index in [1.165, 1.54) is 6.20 Å². The monoisotopic (exact) mass is 283 g/mol. The molecule has 2 N–H and O–H groups in total. The van der Waals surface area contributed by atoms with E-state index < -0.39 is 5.97 Å². The minimum atomic E-state index is -1.04. The first-order valence-electron chi connectivity index (χ1n) is 6.30. The van der Waals surface area contributed by atoms with Crippen LogP contribution in [0.25, 0.3) is 11.0 Å². The predicted octanol–water partition coefficient (Wildman–Crippen LogP) is 2.11. The molecular weight excluding hydrogens is 270 g/mol. The summed E-state index contributed by atoms with van der Waals surface area (Å²) in [6.07, 6.45) is 4.62. The Morgan fingerprint density at radius 1 is 1.38 bits per heavy atom. The molecule has 0 amide bonds. The molecule has 0 fully saturated rings. The second-order valence-corrected chi connectivity index (χ2v) is 4.63. The largest absolute Gasteiger partial charge is 0.478 e. The lowest BCUT2D eigenvalue weighted by atomic mass is 10.1. The summed E-state index contributed by atoms with van der Waals surface area (Å²) in [4.78, 5) is 19.7. The molecule has 0 radical (unpaired) electrons. The van der Waals surface area contributed by atoms with Crippen molar-refractivity contribution in [2.75, 3.05) is 5.32 Å². The van der Waals surface area contributed by atoms with E-state index in [0.717, 1.165) is 5.69 Å². The highest BCUT2D eigenvalue weighted by atomic mass is 16.4. The van der Waals surface area contributed by atoms with E-state index in [1.807, 2.05) is 13.0 Å². The van der Waals surface area contributed by atoms with Crippen molar-refractivity contribution in [3.05, 3.63) is 42.0 Å². The Kier molecular flexibility index (Phi) is 3.02. The van der Waals surface area contributed by atoms with Crippen molar-refractivity contribution in [2.24, 2.45) is 7.05 Å². The normalized spacial score (nSPS) is 10.8. The van der Waals surface area contributed by atoms with Gasteiger partial charge in [-0.15, -0.1) is 0 Å². The number of aromatic carboxylic acids is 1. The Bertz CT molecular complexity index is 826. The second kappa shape index (κ2) is 4.86. The SMILES string of the molecule is Cc1nn(C)c2ncc(C(=O)O)c(Nc3cccnc3)c12. The standard InChI is InChI=1S/C14H13N5O2/c1-8-11-12(17-9-4-3-5-15-6-9)10(14(20)21)7-16-13(11)19(2)18-8/h3-7H,1-2H3,(H,16,17)(H,20,21). The number of rotatable bonds is 3. The van der Waals surface area contributed by atoms with Crippen molar-refractivity contribution < 1.29 is 9.90 Å². The van der Waals surface area contributed by atoms with Crippen molar-refractivity contribution in [3.63, 3.8) is 0 Å². The Morgan fingerprint density at radius 2 is 2.19 bits per heavy atom. The Labute approximate surface area is 120 Å².